The summed E-state index contributed by atoms with van der Waals surface area (Å²) in [5.74, 6) is 0.602. The van der Waals surface area contributed by atoms with Gasteiger partial charge in [0.25, 0.3) is 0 Å². The number of rotatable bonds is 11. The fraction of sp³-hybridized carbons (Fsp3) is 0.350. The summed E-state index contributed by atoms with van der Waals surface area (Å²) in [5, 5.41) is 4.12. The number of carbonyl (C=O) groups excluding carboxylic acids is 1. The SMILES string of the molecule is COC(=O)N(CCCOc1ccc(NS(C)(=O)=O)cc1)CCNc1ccc(Cl)c(Cl)c1. The predicted molar refractivity (Wildman–Crippen MR) is 124 cm³/mol. The molecule has 170 valence electrons. The second kappa shape index (κ2) is 11.9. The van der Waals surface area contributed by atoms with E-state index in [2.05, 4.69) is 10.0 Å². The lowest BCUT2D eigenvalue weighted by atomic mass is 10.3. The van der Waals surface area contributed by atoms with Crippen molar-refractivity contribution in [2.24, 2.45) is 0 Å². The first kappa shape index (κ1) is 24.9. The summed E-state index contributed by atoms with van der Waals surface area (Å²) in [6.45, 7) is 1.76. The highest BCUT2D eigenvalue weighted by Crippen LogP contribution is 2.24. The van der Waals surface area contributed by atoms with Gasteiger partial charge in [-0.3, -0.25) is 4.72 Å². The van der Waals surface area contributed by atoms with Gasteiger partial charge < -0.3 is 19.7 Å². The Hall–Kier alpha value is -2.36. The van der Waals surface area contributed by atoms with E-state index < -0.39 is 16.1 Å². The first-order valence-corrected chi connectivity index (χ1v) is 12.0. The molecule has 0 spiro atoms. The van der Waals surface area contributed by atoms with Crippen LogP contribution in [-0.4, -0.2) is 59.0 Å². The number of hydrogen-bond donors (Lipinski definition) is 2. The quantitative estimate of drug-likeness (QED) is 0.456. The molecule has 0 unspecified atom stereocenters. The van der Waals surface area contributed by atoms with E-state index in [9.17, 15) is 13.2 Å². The number of halogens is 2. The van der Waals surface area contributed by atoms with Gasteiger partial charge in [0.1, 0.15) is 5.75 Å². The van der Waals surface area contributed by atoms with Crippen molar-refractivity contribution in [2.45, 2.75) is 6.42 Å². The summed E-state index contributed by atoms with van der Waals surface area (Å²) < 4.78 is 35.3. The van der Waals surface area contributed by atoms with Gasteiger partial charge in [0.15, 0.2) is 0 Å². The van der Waals surface area contributed by atoms with Crippen molar-refractivity contribution in [1.82, 2.24) is 4.90 Å². The van der Waals surface area contributed by atoms with Gasteiger partial charge in [0.05, 0.1) is 30.0 Å². The van der Waals surface area contributed by atoms with E-state index >= 15 is 0 Å². The highest BCUT2D eigenvalue weighted by atomic mass is 35.5. The van der Waals surface area contributed by atoms with E-state index in [0.29, 0.717) is 54.1 Å². The molecule has 0 aromatic heterocycles. The average Bonchev–Trinajstić information content (AvgIpc) is 2.71. The standard InChI is InChI=1S/C20H25Cl2N3O5S/c1-29-20(26)25(12-10-23-16-6-9-18(21)19(22)14-16)11-3-13-30-17-7-4-15(5-8-17)24-31(2,27)28/h4-9,14,23-24H,3,10-13H2,1-2H3. The van der Waals surface area contributed by atoms with Crippen molar-refractivity contribution >= 4 is 50.7 Å². The van der Waals surface area contributed by atoms with E-state index in [1.807, 2.05) is 0 Å². The molecule has 0 atom stereocenters. The zero-order chi connectivity index (χ0) is 22.9. The first-order valence-electron chi connectivity index (χ1n) is 9.40. The Kier molecular flexibility index (Phi) is 9.54. The lowest BCUT2D eigenvalue weighted by Gasteiger charge is -2.21. The third-order valence-electron chi connectivity index (χ3n) is 4.06. The van der Waals surface area contributed by atoms with Gasteiger partial charge in [0, 0.05) is 31.0 Å². The van der Waals surface area contributed by atoms with Crippen LogP contribution in [0.15, 0.2) is 42.5 Å². The summed E-state index contributed by atoms with van der Waals surface area (Å²) >= 11 is 11.9. The smallest absolute Gasteiger partial charge is 0.409 e. The van der Waals surface area contributed by atoms with Gasteiger partial charge in [-0.15, -0.1) is 0 Å². The normalized spacial score (nSPS) is 11.0. The molecule has 0 heterocycles. The molecule has 2 rings (SSSR count). The summed E-state index contributed by atoms with van der Waals surface area (Å²) in [5.41, 5.74) is 1.26. The van der Waals surface area contributed by atoms with Crippen molar-refractivity contribution in [3.05, 3.63) is 52.5 Å². The van der Waals surface area contributed by atoms with Gasteiger partial charge in [-0.1, -0.05) is 23.2 Å². The van der Waals surface area contributed by atoms with E-state index in [1.165, 1.54) is 7.11 Å². The third-order valence-corrected chi connectivity index (χ3v) is 5.41. The molecule has 0 aliphatic carbocycles. The Morgan fingerprint density at radius 2 is 1.71 bits per heavy atom. The summed E-state index contributed by atoms with van der Waals surface area (Å²) in [7, 11) is -1.98. The lowest BCUT2D eigenvalue weighted by Crippen LogP contribution is -2.36. The molecule has 0 aliphatic heterocycles. The van der Waals surface area contributed by atoms with E-state index in [0.717, 1.165) is 11.9 Å². The van der Waals surface area contributed by atoms with Gasteiger partial charge in [-0.2, -0.15) is 0 Å². The maximum absolute atomic E-state index is 12.0. The molecule has 0 radical (unpaired) electrons. The summed E-state index contributed by atoms with van der Waals surface area (Å²) in [6.07, 6.45) is 1.25. The number of ether oxygens (including phenoxy) is 2. The van der Waals surface area contributed by atoms with Crippen molar-refractivity contribution in [2.75, 3.05) is 49.6 Å². The Bertz CT molecular complexity index is 971. The Balaban J connectivity index is 1.77. The minimum atomic E-state index is -3.32. The van der Waals surface area contributed by atoms with Crippen LogP contribution in [0.4, 0.5) is 16.2 Å². The van der Waals surface area contributed by atoms with E-state index in [1.54, 1.807) is 47.4 Å². The zero-order valence-corrected chi connectivity index (χ0v) is 19.6. The average molecular weight is 490 g/mol. The minimum Gasteiger partial charge on any atom is -0.494 e. The zero-order valence-electron chi connectivity index (χ0n) is 17.2. The summed E-state index contributed by atoms with van der Waals surface area (Å²) in [4.78, 5) is 13.6. The number of nitrogens with one attached hydrogen (secondary N) is 2. The number of benzene rings is 2. The lowest BCUT2D eigenvalue weighted by molar-refractivity contribution is 0.122. The predicted octanol–water partition coefficient (Wildman–Crippen LogP) is 4.31. The second-order valence-corrected chi connectivity index (χ2v) is 9.18. The van der Waals surface area contributed by atoms with Crippen LogP contribution in [0, 0.1) is 0 Å². The van der Waals surface area contributed by atoms with Gasteiger partial charge in [-0.05, 0) is 48.9 Å². The molecule has 0 saturated carbocycles. The number of nitrogens with zero attached hydrogens (tertiary/aromatic N) is 1. The van der Waals surface area contributed by atoms with Crippen LogP contribution in [0.2, 0.25) is 10.0 Å². The van der Waals surface area contributed by atoms with Gasteiger partial charge in [-0.25, -0.2) is 13.2 Å². The maximum Gasteiger partial charge on any atom is 0.409 e. The number of anilines is 2. The maximum atomic E-state index is 12.0. The number of carbonyl (C=O) groups is 1. The Morgan fingerprint density at radius 3 is 2.32 bits per heavy atom. The minimum absolute atomic E-state index is 0.382. The van der Waals surface area contributed by atoms with Crippen LogP contribution in [0.5, 0.6) is 5.75 Å². The monoisotopic (exact) mass is 489 g/mol. The van der Waals surface area contributed by atoms with Crippen LogP contribution in [0.1, 0.15) is 6.42 Å². The molecule has 0 saturated heterocycles. The molecule has 0 bridgehead atoms. The largest absolute Gasteiger partial charge is 0.494 e. The molecular weight excluding hydrogens is 465 g/mol. The van der Waals surface area contributed by atoms with Crippen LogP contribution in [0.3, 0.4) is 0 Å². The van der Waals surface area contributed by atoms with Crippen molar-refractivity contribution in [1.29, 1.82) is 0 Å². The molecule has 2 N–H and O–H groups in total. The first-order chi connectivity index (χ1) is 14.7. The summed E-state index contributed by atoms with van der Waals surface area (Å²) in [6, 6.07) is 11.8. The molecule has 2 aromatic carbocycles. The fourth-order valence-electron chi connectivity index (χ4n) is 2.64. The topological polar surface area (TPSA) is 97.0 Å². The molecule has 2 aromatic rings. The third kappa shape index (κ3) is 9.12. The second-order valence-electron chi connectivity index (χ2n) is 6.61. The number of methoxy groups -OCH3 is 1. The van der Waals surface area contributed by atoms with Crippen LogP contribution < -0.4 is 14.8 Å². The number of sulfonamides is 1. The van der Waals surface area contributed by atoms with E-state index in [-0.39, 0.29) is 0 Å². The van der Waals surface area contributed by atoms with Crippen LogP contribution >= 0.6 is 23.2 Å². The Labute approximate surface area is 192 Å². The van der Waals surface area contributed by atoms with Gasteiger partial charge in [0.2, 0.25) is 10.0 Å². The molecule has 11 heteroatoms. The molecular formula is C20H25Cl2N3O5S. The highest BCUT2D eigenvalue weighted by molar-refractivity contribution is 7.92. The van der Waals surface area contributed by atoms with Crippen molar-refractivity contribution in [3.8, 4) is 5.75 Å². The van der Waals surface area contributed by atoms with Crippen molar-refractivity contribution < 1.29 is 22.7 Å². The van der Waals surface area contributed by atoms with E-state index in [4.69, 9.17) is 32.7 Å². The van der Waals surface area contributed by atoms with Crippen LogP contribution in [-0.2, 0) is 14.8 Å². The fourth-order valence-corrected chi connectivity index (χ4v) is 3.51. The molecule has 8 nitrogen and oxygen atoms in total. The molecule has 1 amide bonds. The molecule has 0 fully saturated rings. The highest BCUT2D eigenvalue weighted by Gasteiger charge is 2.13. The molecule has 0 aliphatic rings. The molecule has 31 heavy (non-hydrogen) atoms. The van der Waals surface area contributed by atoms with Gasteiger partial charge >= 0.3 is 6.09 Å². The van der Waals surface area contributed by atoms with Crippen molar-refractivity contribution in [3.63, 3.8) is 0 Å². The number of hydrogen-bond acceptors (Lipinski definition) is 6. The van der Waals surface area contributed by atoms with Crippen LogP contribution in [0.25, 0.3) is 0 Å². The number of amides is 1. The Morgan fingerprint density at radius 1 is 1.03 bits per heavy atom.